The molecule has 2 saturated heterocycles. The summed E-state index contributed by atoms with van der Waals surface area (Å²) in [5, 5.41) is -0.524. The maximum absolute atomic E-state index is 13.4. The molecular formula is C25H31N3O4S. The number of benzene rings is 2. The fourth-order valence-electron chi connectivity index (χ4n) is 4.69. The van der Waals surface area contributed by atoms with Gasteiger partial charge in [0.05, 0.1) is 0 Å². The van der Waals surface area contributed by atoms with Gasteiger partial charge in [-0.1, -0.05) is 42.5 Å². The van der Waals surface area contributed by atoms with E-state index in [1.165, 1.54) is 0 Å². The summed E-state index contributed by atoms with van der Waals surface area (Å²) in [4.78, 5) is 27.8. The summed E-state index contributed by atoms with van der Waals surface area (Å²) >= 11 is 0. The largest absolute Gasteiger partial charge is 0.339 e. The highest BCUT2D eigenvalue weighted by Gasteiger charge is 2.40. The number of amides is 2. The molecule has 0 N–H and O–H groups in total. The Morgan fingerprint density at radius 1 is 0.879 bits per heavy atom. The van der Waals surface area contributed by atoms with E-state index < -0.39 is 15.3 Å². The van der Waals surface area contributed by atoms with Crippen LogP contribution in [-0.4, -0.2) is 66.6 Å². The molecule has 8 heteroatoms. The molecule has 2 heterocycles. The van der Waals surface area contributed by atoms with Gasteiger partial charge in [0.1, 0.15) is 5.25 Å². The smallest absolute Gasteiger partial charge is 0.253 e. The van der Waals surface area contributed by atoms with Crippen molar-refractivity contribution in [1.82, 2.24) is 14.1 Å². The first-order valence-corrected chi connectivity index (χ1v) is 13.0. The van der Waals surface area contributed by atoms with Crippen LogP contribution in [0, 0.1) is 0 Å². The zero-order chi connectivity index (χ0) is 23.6. The molecule has 2 atom stereocenters. The third-order valence-electron chi connectivity index (χ3n) is 6.75. The molecule has 0 bridgehead atoms. The first-order valence-electron chi connectivity index (χ1n) is 11.5. The normalized spacial score (nSPS) is 23.3. The molecule has 7 nitrogen and oxygen atoms in total. The van der Waals surface area contributed by atoms with Gasteiger partial charge >= 0.3 is 0 Å². The average Bonchev–Trinajstić information content (AvgIpc) is 2.82. The maximum atomic E-state index is 13.4. The maximum Gasteiger partial charge on any atom is 0.253 e. The fourth-order valence-corrected chi connectivity index (χ4v) is 6.89. The molecule has 2 fully saturated rings. The summed E-state index contributed by atoms with van der Waals surface area (Å²) < 4.78 is 28.4. The second kappa shape index (κ2) is 9.65. The van der Waals surface area contributed by atoms with Crippen LogP contribution in [0.1, 0.15) is 53.4 Å². The minimum absolute atomic E-state index is 0.0304. The van der Waals surface area contributed by atoms with E-state index >= 15 is 0 Å². The van der Waals surface area contributed by atoms with Crippen LogP contribution in [0.15, 0.2) is 54.6 Å². The summed E-state index contributed by atoms with van der Waals surface area (Å²) in [7, 11) is -3.49. The summed E-state index contributed by atoms with van der Waals surface area (Å²) in [6, 6.07) is 16.6. The van der Waals surface area contributed by atoms with E-state index in [0.29, 0.717) is 44.7 Å². The van der Waals surface area contributed by atoms with Gasteiger partial charge in [-0.25, -0.2) is 8.42 Å². The summed E-state index contributed by atoms with van der Waals surface area (Å²) in [5.41, 5.74) is 2.27. The van der Waals surface area contributed by atoms with Gasteiger partial charge in [0.25, 0.3) is 5.91 Å². The standard InChI is InChI=1S/C25H31N3O4S/c1-19-8-13-24(22-6-4-3-5-7-22)33(31,32)28(19)18-21-9-11-23(12-10-21)25(30)27-16-14-26(15-17-27)20(2)29/h3-7,9-12,19,24H,8,13-18H2,1-2H3/t19-,24?/m0/s1. The Bertz CT molecular complexity index is 1090. The SMILES string of the molecule is CC(=O)N1CCN(C(=O)c2ccc(CN3[C@@H](C)CCC(c4ccccc4)S3(=O)=O)cc2)CC1. The van der Waals surface area contributed by atoms with Gasteiger partial charge in [0.15, 0.2) is 0 Å². The molecule has 2 aliphatic heterocycles. The highest BCUT2D eigenvalue weighted by atomic mass is 32.2. The molecule has 2 aromatic carbocycles. The lowest BCUT2D eigenvalue weighted by atomic mass is 10.0. The van der Waals surface area contributed by atoms with Crippen LogP contribution in [0.25, 0.3) is 0 Å². The van der Waals surface area contributed by atoms with Crippen molar-refractivity contribution in [3.63, 3.8) is 0 Å². The van der Waals surface area contributed by atoms with Crippen molar-refractivity contribution in [3.05, 3.63) is 71.3 Å². The van der Waals surface area contributed by atoms with Gasteiger partial charge in [-0.2, -0.15) is 4.31 Å². The third kappa shape index (κ3) is 4.96. The third-order valence-corrected chi connectivity index (χ3v) is 9.12. The average molecular weight is 470 g/mol. The number of piperazine rings is 1. The van der Waals surface area contributed by atoms with Gasteiger partial charge in [-0.05, 0) is 43.0 Å². The molecule has 4 rings (SSSR count). The molecule has 2 aromatic rings. The zero-order valence-corrected chi connectivity index (χ0v) is 20.0. The van der Waals surface area contributed by atoms with Crippen LogP contribution >= 0.6 is 0 Å². The molecular weight excluding hydrogens is 438 g/mol. The number of sulfonamides is 1. The van der Waals surface area contributed by atoms with Crippen molar-refractivity contribution in [2.45, 2.75) is 44.5 Å². The Labute approximate surface area is 196 Å². The fraction of sp³-hybridized carbons (Fsp3) is 0.440. The van der Waals surface area contributed by atoms with E-state index in [-0.39, 0.29) is 17.9 Å². The molecule has 1 unspecified atom stereocenters. The van der Waals surface area contributed by atoms with Crippen LogP contribution in [0.2, 0.25) is 0 Å². The molecule has 176 valence electrons. The Kier molecular flexibility index (Phi) is 6.86. The lowest BCUT2D eigenvalue weighted by molar-refractivity contribution is -0.130. The number of carbonyl (C=O) groups excluding carboxylic acids is 2. The van der Waals surface area contributed by atoms with E-state index in [1.54, 1.807) is 33.2 Å². The predicted octanol–water partition coefficient (Wildman–Crippen LogP) is 3.05. The van der Waals surface area contributed by atoms with Gasteiger partial charge in [-0.3, -0.25) is 9.59 Å². The quantitative estimate of drug-likeness (QED) is 0.690. The van der Waals surface area contributed by atoms with E-state index in [4.69, 9.17) is 0 Å². The second-order valence-electron chi connectivity index (χ2n) is 8.91. The predicted molar refractivity (Wildman–Crippen MR) is 127 cm³/mol. The van der Waals surface area contributed by atoms with Crippen molar-refractivity contribution in [1.29, 1.82) is 0 Å². The minimum atomic E-state index is -3.49. The first-order chi connectivity index (χ1) is 15.8. The number of carbonyl (C=O) groups is 2. The van der Waals surface area contributed by atoms with Crippen LogP contribution in [0.5, 0.6) is 0 Å². The Morgan fingerprint density at radius 3 is 2.09 bits per heavy atom. The molecule has 0 aromatic heterocycles. The van der Waals surface area contributed by atoms with Crippen molar-refractivity contribution in [2.24, 2.45) is 0 Å². The van der Waals surface area contributed by atoms with Crippen molar-refractivity contribution in [3.8, 4) is 0 Å². The second-order valence-corrected chi connectivity index (χ2v) is 11.0. The molecule has 33 heavy (non-hydrogen) atoms. The van der Waals surface area contributed by atoms with Crippen molar-refractivity contribution in [2.75, 3.05) is 26.2 Å². The molecule has 2 amide bonds. The molecule has 0 saturated carbocycles. The van der Waals surface area contributed by atoms with Crippen LogP contribution in [0.4, 0.5) is 0 Å². The van der Waals surface area contributed by atoms with Gasteiger partial charge in [0.2, 0.25) is 15.9 Å². The van der Waals surface area contributed by atoms with E-state index in [9.17, 15) is 18.0 Å². The summed E-state index contributed by atoms with van der Waals surface area (Å²) in [5.74, 6) is -0.0318. The molecule has 0 aliphatic carbocycles. The highest BCUT2D eigenvalue weighted by molar-refractivity contribution is 7.89. The molecule has 0 spiro atoms. The lowest BCUT2D eigenvalue weighted by Gasteiger charge is -2.37. The summed E-state index contributed by atoms with van der Waals surface area (Å²) in [6.07, 6.45) is 1.43. The monoisotopic (exact) mass is 469 g/mol. The zero-order valence-electron chi connectivity index (χ0n) is 19.2. The van der Waals surface area contributed by atoms with Gasteiger partial charge < -0.3 is 9.80 Å². The van der Waals surface area contributed by atoms with E-state index in [2.05, 4.69) is 0 Å². The number of nitrogens with zero attached hydrogens (tertiary/aromatic N) is 3. The summed E-state index contributed by atoms with van der Waals surface area (Å²) in [6.45, 7) is 5.92. The van der Waals surface area contributed by atoms with Crippen LogP contribution < -0.4 is 0 Å². The Balaban J connectivity index is 1.45. The lowest BCUT2D eigenvalue weighted by Crippen LogP contribution is -2.50. The van der Waals surface area contributed by atoms with Crippen molar-refractivity contribution >= 4 is 21.8 Å². The first kappa shape index (κ1) is 23.4. The number of hydrogen-bond acceptors (Lipinski definition) is 4. The minimum Gasteiger partial charge on any atom is -0.339 e. The topological polar surface area (TPSA) is 78.0 Å². The molecule has 2 aliphatic rings. The van der Waals surface area contributed by atoms with E-state index in [1.807, 2.05) is 49.4 Å². The Hall–Kier alpha value is -2.71. The van der Waals surface area contributed by atoms with Crippen molar-refractivity contribution < 1.29 is 18.0 Å². The highest BCUT2D eigenvalue weighted by Crippen LogP contribution is 2.38. The number of hydrogen-bond donors (Lipinski definition) is 0. The Morgan fingerprint density at radius 2 is 1.48 bits per heavy atom. The van der Waals surface area contributed by atoms with Crippen LogP contribution in [0.3, 0.4) is 0 Å². The van der Waals surface area contributed by atoms with Gasteiger partial charge in [-0.15, -0.1) is 0 Å². The van der Waals surface area contributed by atoms with E-state index in [0.717, 1.165) is 17.5 Å². The van der Waals surface area contributed by atoms with Crippen LogP contribution in [-0.2, 0) is 21.4 Å². The molecule has 0 radical (unpaired) electrons. The van der Waals surface area contributed by atoms with Gasteiger partial charge in [0, 0.05) is 51.3 Å². The number of rotatable bonds is 4.